The predicted molar refractivity (Wildman–Crippen MR) is 114 cm³/mol. The fourth-order valence-corrected chi connectivity index (χ4v) is 5.98. The fraction of sp³-hybridized carbons (Fsp3) is 0.346. The topological polar surface area (TPSA) is 63.7 Å². The van der Waals surface area contributed by atoms with Crippen LogP contribution in [0.1, 0.15) is 23.7 Å². The van der Waals surface area contributed by atoms with E-state index in [9.17, 15) is 14.4 Å². The maximum absolute atomic E-state index is 13.2. The van der Waals surface area contributed by atoms with Crippen molar-refractivity contribution in [2.75, 3.05) is 4.90 Å². The Balaban J connectivity index is 1.19. The van der Waals surface area contributed by atoms with E-state index in [0.717, 1.165) is 6.42 Å². The molecule has 2 saturated carbocycles. The summed E-state index contributed by atoms with van der Waals surface area (Å²) >= 11 is 0. The van der Waals surface area contributed by atoms with Gasteiger partial charge in [-0.05, 0) is 61.3 Å². The number of benzene rings is 2. The highest BCUT2D eigenvalue weighted by Crippen LogP contribution is 2.65. The molecule has 3 fully saturated rings. The number of nitrogens with zero attached hydrogens (tertiary/aromatic N) is 1. The van der Waals surface area contributed by atoms with Crippen LogP contribution in [0.25, 0.3) is 0 Å². The van der Waals surface area contributed by atoms with Crippen LogP contribution in [0.15, 0.2) is 66.7 Å². The van der Waals surface area contributed by atoms with E-state index in [2.05, 4.69) is 12.2 Å². The van der Waals surface area contributed by atoms with Gasteiger partial charge in [-0.2, -0.15) is 0 Å². The summed E-state index contributed by atoms with van der Waals surface area (Å²) in [5.41, 5.74) is 1.18. The lowest BCUT2D eigenvalue weighted by atomic mass is 9.63. The number of hydrogen-bond acceptors (Lipinski definition) is 4. The number of imide groups is 1. The third-order valence-electron chi connectivity index (χ3n) is 7.50. The van der Waals surface area contributed by atoms with Crippen molar-refractivity contribution in [1.82, 2.24) is 0 Å². The molecule has 156 valence electrons. The molecule has 7 rings (SSSR count). The van der Waals surface area contributed by atoms with Gasteiger partial charge < -0.3 is 4.74 Å². The molecule has 2 aromatic carbocycles. The molecule has 0 aromatic heterocycles. The summed E-state index contributed by atoms with van der Waals surface area (Å²) in [6.45, 7) is 1.72. The van der Waals surface area contributed by atoms with Crippen molar-refractivity contribution in [3.8, 4) is 5.75 Å². The third-order valence-corrected chi connectivity index (χ3v) is 7.50. The van der Waals surface area contributed by atoms with E-state index in [1.54, 1.807) is 43.3 Å². The van der Waals surface area contributed by atoms with Crippen LogP contribution in [-0.4, -0.2) is 23.7 Å². The Kier molecular flexibility index (Phi) is 3.98. The molecule has 2 aromatic rings. The molecule has 0 radical (unpaired) electrons. The first-order valence-electron chi connectivity index (χ1n) is 11.0. The van der Waals surface area contributed by atoms with Gasteiger partial charge in [-0.3, -0.25) is 19.3 Å². The number of Topliss-reactive ketones (excluding diaryl/α,β-unsaturated/α-hetero) is 1. The van der Waals surface area contributed by atoms with Crippen LogP contribution in [0.4, 0.5) is 5.69 Å². The van der Waals surface area contributed by atoms with Gasteiger partial charge in [-0.1, -0.05) is 42.5 Å². The SMILES string of the molecule is C[C@H](Oc1ccc(N2C(=O)[C@H]3[C@@H]4C=C[C@H]([C@H]5C[C@H]45)[C@@H]3C2=O)cc1)C(=O)c1ccccc1. The molecular weight excluding hydrogens is 390 g/mol. The van der Waals surface area contributed by atoms with Gasteiger partial charge in [0.1, 0.15) is 5.75 Å². The molecule has 1 saturated heterocycles. The molecule has 31 heavy (non-hydrogen) atoms. The van der Waals surface area contributed by atoms with Gasteiger partial charge in [0, 0.05) is 5.56 Å². The summed E-state index contributed by atoms with van der Waals surface area (Å²) in [4.78, 5) is 40.3. The molecule has 1 heterocycles. The van der Waals surface area contributed by atoms with E-state index in [1.165, 1.54) is 4.90 Å². The van der Waals surface area contributed by atoms with Gasteiger partial charge in [-0.15, -0.1) is 0 Å². The second-order valence-corrected chi connectivity index (χ2v) is 9.15. The molecule has 1 aliphatic heterocycles. The number of allylic oxidation sites excluding steroid dienone is 2. The van der Waals surface area contributed by atoms with Gasteiger partial charge in [0.05, 0.1) is 17.5 Å². The molecule has 0 spiro atoms. The second kappa shape index (κ2) is 6.64. The zero-order chi connectivity index (χ0) is 21.3. The monoisotopic (exact) mass is 413 g/mol. The number of carbonyl (C=O) groups excluding carboxylic acids is 3. The molecule has 2 amide bonds. The summed E-state index contributed by atoms with van der Waals surface area (Å²) in [5.74, 6) is 1.50. The molecule has 5 aliphatic rings. The smallest absolute Gasteiger partial charge is 0.238 e. The minimum atomic E-state index is -0.639. The van der Waals surface area contributed by atoms with Gasteiger partial charge in [0.25, 0.3) is 0 Å². The molecule has 5 heteroatoms. The van der Waals surface area contributed by atoms with Crippen molar-refractivity contribution in [3.63, 3.8) is 0 Å². The van der Waals surface area contributed by atoms with Crippen LogP contribution < -0.4 is 9.64 Å². The Morgan fingerprint density at radius 1 is 0.903 bits per heavy atom. The average molecular weight is 413 g/mol. The maximum atomic E-state index is 13.2. The van der Waals surface area contributed by atoms with Crippen molar-refractivity contribution < 1.29 is 19.1 Å². The predicted octanol–water partition coefficient (Wildman–Crippen LogP) is 3.89. The molecule has 2 bridgehead atoms. The van der Waals surface area contributed by atoms with E-state index in [0.29, 0.717) is 28.8 Å². The summed E-state index contributed by atoms with van der Waals surface area (Å²) in [6, 6.07) is 15.9. The number of carbonyl (C=O) groups is 3. The Morgan fingerprint density at radius 3 is 2.06 bits per heavy atom. The van der Waals surface area contributed by atoms with Crippen LogP contribution in [0.3, 0.4) is 0 Å². The van der Waals surface area contributed by atoms with Gasteiger partial charge >= 0.3 is 0 Å². The minimum Gasteiger partial charge on any atom is -0.483 e. The molecule has 0 unspecified atom stereocenters. The largest absolute Gasteiger partial charge is 0.483 e. The average Bonchev–Trinajstić information content (AvgIpc) is 3.58. The molecule has 7 atom stereocenters. The molecule has 5 nitrogen and oxygen atoms in total. The summed E-state index contributed by atoms with van der Waals surface area (Å²) in [6.07, 6.45) is 4.87. The standard InChI is InChI=1S/C26H23NO4/c1-14(24(28)15-5-3-2-4-6-15)31-17-9-7-16(8-10-17)27-25(29)22-18-11-12-19(21-13-20(18)21)23(22)26(27)30/h2-12,14,18-23H,13H2,1H3/t14-,18+,19+,20+,21+,22-,23-/m0/s1. The van der Waals surface area contributed by atoms with Crippen molar-refractivity contribution in [2.24, 2.45) is 35.5 Å². The van der Waals surface area contributed by atoms with E-state index in [-0.39, 0.29) is 41.3 Å². The van der Waals surface area contributed by atoms with Crippen LogP contribution >= 0.6 is 0 Å². The normalized spacial score (nSPS) is 33.1. The first kappa shape index (κ1) is 18.6. The summed E-state index contributed by atoms with van der Waals surface area (Å²) in [5, 5.41) is 0. The van der Waals surface area contributed by atoms with E-state index < -0.39 is 6.10 Å². The number of anilines is 1. The number of amides is 2. The highest BCUT2D eigenvalue weighted by Gasteiger charge is 2.67. The lowest BCUT2D eigenvalue weighted by Gasteiger charge is -2.37. The third kappa shape index (κ3) is 2.72. The zero-order valence-electron chi connectivity index (χ0n) is 17.2. The van der Waals surface area contributed by atoms with Crippen LogP contribution in [-0.2, 0) is 9.59 Å². The van der Waals surface area contributed by atoms with E-state index in [4.69, 9.17) is 4.74 Å². The van der Waals surface area contributed by atoms with E-state index in [1.807, 2.05) is 18.2 Å². The van der Waals surface area contributed by atoms with Crippen molar-refractivity contribution in [3.05, 3.63) is 72.3 Å². The fourth-order valence-electron chi connectivity index (χ4n) is 5.98. The number of rotatable bonds is 5. The Morgan fingerprint density at radius 2 is 1.48 bits per heavy atom. The summed E-state index contributed by atoms with van der Waals surface area (Å²) in [7, 11) is 0. The minimum absolute atomic E-state index is 0.0685. The van der Waals surface area contributed by atoms with E-state index >= 15 is 0 Å². The first-order chi connectivity index (χ1) is 15.0. The van der Waals surface area contributed by atoms with Crippen LogP contribution in [0, 0.1) is 35.5 Å². The summed E-state index contributed by atoms with van der Waals surface area (Å²) < 4.78 is 5.81. The maximum Gasteiger partial charge on any atom is 0.238 e. The molecule has 4 aliphatic carbocycles. The number of hydrogen-bond donors (Lipinski definition) is 0. The Labute approximate surface area is 180 Å². The highest BCUT2D eigenvalue weighted by atomic mass is 16.5. The van der Waals surface area contributed by atoms with Gasteiger partial charge in [0.15, 0.2) is 6.10 Å². The molecular formula is C26H23NO4. The first-order valence-corrected chi connectivity index (χ1v) is 11.0. The van der Waals surface area contributed by atoms with Crippen molar-refractivity contribution >= 4 is 23.3 Å². The van der Waals surface area contributed by atoms with Crippen molar-refractivity contribution in [1.29, 1.82) is 0 Å². The Bertz CT molecular complexity index is 1070. The number of ether oxygens (including phenoxy) is 1. The lowest BCUT2D eigenvalue weighted by molar-refractivity contribution is -0.124. The quantitative estimate of drug-likeness (QED) is 0.424. The Hall–Kier alpha value is -3.21. The van der Waals surface area contributed by atoms with Crippen LogP contribution in [0.2, 0.25) is 0 Å². The van der Waals surface area contributed by atoms with Gasteiger partial charge in [-0.25, -0.2) is 0 Å². The van der Waals surface area contributed by atoms with Gasteiger partial charge in [0.2, 0.25) is 17.6 Å². The second-order valence-electron chi connectivity index (χ2n) is 9.15. The molecule has 0 N–H and O–H groups in total. The van der Waals surface area contributed by atoms with Crippen molar-refractivity contribution in [2.45, 2.75) is 19.4 Å². The number of ketones is 1. The van der Waals surface area contributed by atoms with Crippen LogP contribution in [0.5, 0.6) is 5.75 Å². The lowest BCUT2D eigenvalue weighted by Crippen LogP contribution is -2.40. The highest BCUT2D eigenvalue weighted by molar-refractivity contribution is 6.22. The zero-order valence-corrected chi connectivity index (χ0v) is 17.2.